The van der Waals surface area contributed by atoms with Crippen molar-refractivity contribution in [1.82, 2.24) is 0 Å². The zero-order valence-electron chi connectivity index (χ0n) is 12.5. The van der Waals surface area contributed by atoms with E-state index in [-0.39, 0.29) is 0 Å². The van der Waals surface area contributed by atoms with Gasteiger partial charge in [-0.1, -0.05) is 36.4 Å². The predicted molar refractivity (Wildman–Crippen MR) is 89.1 cm³/mol. The van der Waals surface area contributed by atoms with Gasteiger partial charge in [-0.25, -0.2) is 0 Å². The van der Waals surface area contributed by atoms with Gasteiger partial charge in [0, 0.05) is 0 Å². The van der Waals surface area contributed by atoms with E-state index in [0.29, 0.717) is 0 Å². The molecule has 20 heavy (non-hydrogen) atoms. The quantitative estimate of drug-likeness (QED) is 0.349. The lowest BCUT2D eigenvalue weighted by Gasteiger charge is -2.17. The van der Waals surface area contributed by atoms with Crippen molar-refractivity contribution >= 4 is 32.3 Å². The van der Waals surface area contributed by atoms with Gasteiger partial charge in [0.25, 0.3) is 0 Å². The molecule has 0 spiro atoms. The second-order valence-corrected chi connectivity index (χ2v) is 6.09. The van der Waals surface area contributed by atoms with Crippen molar-refractivity contribution in [2.45, 2.75) is 27.7 Å². The molecule has 0 amide bonds. The molecule has 0 nitrogen and oxygen atoms in total. The third-order valence-corrected chi connectivity index (χ3v) is 4.74. The van der Waals surface area contributed by atoms with Crippen LogP contribution in [0.15, 0.2) is 36.4 Å². The summed E-state index contributed by atoms with van der Waals surface area (Å²) < 4.78 is 0. The Balaban J connectivity index is 2.49. The van der Waals surface area contributed by atoms with E-state index in [4.69, 9.17) is 0 Å². The summed E-state index contributed by atoms with van der Waals surface area (Å²) in [6.07, 6.45) is 0. The number of rotatable bonds is 0. The number of hydrogen-bond acceptors (Lipinski definition) is 0. The molecule has 4 aromatic carbocycles. The van der Waals surface area contributed by atoms with E-state index in [1.165, 1.54) is 54.6 Å². The highest BCUT2D eigenvalue weighted by Gasteiger charge is 2.13. The molecule has 0 radical (unpaired) electrons. The van der Waals surface area contributed by atoms with Crippen LogP contribution in [0.4, 0.5) is 0 Å². The molecule has 0 aliphatic carbocycles. The molecule has 0 aliphatic heterocycles. The monoisotopic (exact) mass is 258 g/mol. The molecular formula is C20H18. The van der Waals surface area contributed by atoms with Crippen LogP contribution in [0.5, 0.6) is 0 Å². The normalized spacial score (nSPS) is 12.0. The molecule has 0 aliphatic rings. The zero-order chi connectivity index (χ0) is 14.0. The summed E-state index contributed by atoms with van der Waals surface area (Å²) in [6, 6.07) is 13.8. The van der Waals surface area contributed by atoms with E-state index < -0.39 is 0 Å². The first kappa shape index (κ1) is 11.7. The Bertz CT molecular complexity index is 952. The Morgan fingerprint density at radius 2 is 0.900 bits per heavy atom. The van der Waals surface area contributed by atoms with Crippen LogP contribution in [0, 0.1) is 27.7 Å². The Labute approximate surface area is 119 Å². The lowest BCUT2D eigenvalue weighted by atomic mass is 9.87. The molecule has 0 saturated heterocycles. The van der Waals surface area contributed by atoms with Crippen molar-refractivity contribution < 1.29 is 0 Å². The van der Waals surface area contributed by atoms with E-state index in [2.05, 4.69) is 64.1 Å². The van der Waals surface area contributed by atoms with Crippen LogP contribution in [-0.2, 0) is 0 Å². The SMILES string of the molecule is Cc1ccc2c(C)cc3c(C)cc(C)c4ccc1c2c43. The third kappa shape index (κ3) is 1.31. The predicted octanol–water partition coefficient (Wildman–Crippen LogP) is 5.82. The number of aryl methyl sites for hydroxylation is 4. The van der Waals surface area contributed by atoms with Crippen molar-refractivity contribution in [1.29, 1.82) is 0 Å². The molecule has 0 heteroatoms. The molecule has 0 unspecified atom stereocenters. The van der Waals surface area contributed by atoms with Crippen LogP contribution in [0.2, 0.25) is 0 Å². The highest BCUT2D eigenvalue weighted by atomic mass is 14.2. The average molecular weight is 258 g/mol. The minimum Gasteiger partial charge on any atom is -0.0581 e. The van der Waals surface area contributed by atoms with Gasteiger partial charge in [-0.15, -0.1) is 0 Å². The zero-order valence-corrected chi connectivity index (χ0v) is 12.5. The fraction of sp³-hybridized carbons (Fsp3) is 0.200. The Kier molecular flexibility index (Phi) is 2.18. The second-order valence-electron chi connectivity index (χ2n) is 6.09. The fourth-order valence-electron chi connectivity index (χ4n) is 3.69. The van der Waals surface area contributed by atoms with Crippen molar-refractivity contribution in [3.63, 3.8) is 0 Å². The maximum atomic E-state index is 2.36. The molecule has 98 valence electrons. The van der Waals surface area contributed by atoms with Gasteiger partial charge in [-0.3, -0.25) is 0 Å². The van der Waals surface area contributed by atoms with Crippen LogP contribution >= 0.6 is 0 Å². The summed E-state index contributed by atoms with van der Waals surface area (Å²) in [6.45, 7) is 8.88. The molecule has 0 aromatic heterocycles. The summed E-state index contributed by atoms with van der Waals surface area (Å²) in [7, 11) is 0. The van der Waals surface area contributed by atoms with Crippen LogP contribution in [0.1, 0.15) is 22.3 Å². The molecule has 0 heterocycles. The first-order valence-electron chi connectivity index (χ1n) is 7.23. The van der Waals surface area contributed by atoms with Crippen LogP contribution in [0.3, 0.4) is 0 Å². The highest BCUT2D eigenvalue weighted by molar-refractivity contribution is 6.25. The fourth-order valence-corrected chi connectivity index (χ4v) is 3.69. The lowest BCUT2D eigenvalue weighted by molar-refractivity contribution is 1.44. The van der Waals surface area contributed by atoms with Gasteiger partial charge in [0.05, 0.1) is 0 Å². The highest BCUT2D eigenvalue weighted by Crippen LogP contribution is 2.39. The van der Waals surface area contributed by atoms with Crippen molar-refractivity contribution in [2.24, 2.45) is 0 Å². The van der Waals surface area contributed by atoms with Gasteiger partial charge < -0.3 is 0 Å². The van der Waals surface area contributed by atoms with Crippen LogP contribution in [-0.4, -0.2) is 0 Å². The molecule has 0 saturated carbocycles. The van der Waals surface area contributed by atoms with Crippen molar-refractivity contribution in [3.05, 3.63) is 58.7 Å². The van der Waals surface area contributed by atoms with Gasteiger partial charge in [-0.05, 0) is 82.3 Å². The second kappa shape index (κ2) is 3.73. The van der Waals surface area contributed by atoms with E-state index in [1.54, 1.807) is 0 Å². The molecule has 4 rings (SSSR count). The molecule has 0 atom stereocenters. The smallest absolute Gasteiger partial charge is 0.00212 e. The summed E-state index contributed by atoms with van der Waals surface area (Å²) in [5, 5.41) is 8.50. The van der Waals surface area contributed by atoms with E-state index in [1.807, 2.05) is 0 Å². The first-order chi connectivity index (χ1) is 9.58. The first-order valence-corrected chi connectivity index (χ1v) is 7.23. The molecular weight excluding hydrogens is 240 g/mol. The summed E-state index contributed by atoms with van der Waals surface area (Å²) >= 11 is 0. The largest absolute Gasteiger partial charge is 0.0581 e. The van der Waals surface area contributed by atoms with E-state index >= 15 is 0 Å². The maximum absolute atomic E-state index is 2.36. The summed E-state index contributed by atoms with van der Waals surface area (Å²) in [5.74, 6) is 0. The third-order valence-electron chi connectivity index (χ3n) is 4.74. The summed E-state index contributed by atoms with van der Waals surface area (Å²) in [5.41, 5.74) is 5.50. The van der Waals surface area contributed by atoms with Gasteiger partial charge >= 0.3 is 0 Å². The lowest BCUT2D eigenvalue weighted by Crippen LogP contribution is -1.92. The Morgan fingerprint density at radius 3 is 1.60 bits per heavy atom. The van der Waals surface area contributed by atoms with Crippen LogP contribution in [0.25, 0.3) is 32.3 Å². The maximum Gasteiger partial charge on any atom is -0.00212 e. The topological polar surface area (TPSA) is 0 Å². The molecule has 0 fully saturated rings. The molecule has 0 N–H and O–H groups in total. The summed E-state index contributed by atoms with van der Waals surface area (Å²) in [4.78, 5) is 0. The standard InChI is InChI=1S/C20H18/c1-11-5-6-16-14(4)10-18-13(3)9-12(2)17-8-7-15(11)19(16)20(17)18/h5-10H,1-4H3. The van der Waals surface area contributed by atoms with Gasteiger partial charge in [0.2, 0.25) is 0 Å². The van der Waals surface area contributed by atoms with Crippen molar-refractivity contribution in [2.75, 3.05) is 0 Å². The van der Waals surface area contributed by atoms with Gasteiger partial charge in [0.15, 0.2) is 0 Å². The average Bonchev–Trinajstić information content (AvgIpc) is 2.42. The minimum atomic E-state index is 1.37. The number of hydrogen-bond donors (Lipinski definition) is 0. The van der Waals surface area contributed by atoms with Gasteiger partial charge in [-0.2, -0.15) is 0 Å². The minimum absolute atomic E-state index is 1.37. The van der Waals surface area contributed by atoms with E-state index in [9.17, 15) is 0 Å². The Morgan fingerprint density at radius 1 is 0.450 bits per heavy atom. The van der Waals surface area contributed by atoms with Crippen molar-refractivity contribution in [3.8, 4) is 0 Å². The molecule has 0 bridgehead atoms. The number of benzene rings is 4. The Hall–Kier alpha value is -2.08. The van der Waals surface area contributed by atoms with Crippen LogP contribution < -0.4 is 0 Å². The van der Waals surface area contributed by atoms with Gasteiger partial charge in [0.1, 0.15) is 0 Å². The molecule has 4 aromatic rings. The van der Waals surface area contributed by atoms with E-state index in [0.717, 1.165) is 0 Å².